The number of rotatable bonds is 4. The van der Waals surface area contributed by atoms with Gasteiger partial charge in [0.2, 0.25) is 11.5 Å². The molecule has 23 heavy (non-hydrogen) atoms. The van der Waals surface area contributed by atoms with Crippen LogP contribution in [0.4, 0.5) is 13.2 Å². The molecule has 1 fully saturated rings. The van der Waals surface area contributed by atoms with E-state index in [-0.39, 0.29) is 12.0 Å². The molecule has 1 amide bonds. The van der Waals surface area contributed by atoms with E-state index in [1.165, 1.54) is 13.2 Å². The molecule has 0 radical (unpaired) electrons. The molecular weight excluding hydrogens is 311 g/mol. The monoisotopic (exact) mass is 333 g/mol. The highest BCUT2D eigenvalue weighted by molar-refractivity contribution is 5.77. The normalized spacial score (nSPS) is 25.0. The van der Waals surface area contributed by atoms with Crippen LogP contribution in [0.25, 0.3) is 0 Å². The zero-order chi connectivity index (χ0) is 17.3. The number of aliphatic hydroxyl groups is 1. The van der Waals surface area contributed by atoms with Crippen LogP contribution >= 0.6 is 0 Å². The second-order valence-electron chi connectivity index (χ2n) is 6.33. The molecule has 130 valence electrons. The molecule has 2 rings (SSSR count). The first-order valence-corrected chi connectivity index (χ1v) is 7.71. The summed E-state index contributed by atoms with van der Waals surface area (Å²) in [6.07, 6.45) is 0.0611. The number of hydrogen-bond acceptors (Lipinski definition) is 3. The maximum Gasteiger partial charge on any atom is 0.425 e. The van der Waals surface area contributed by atoms with Crippen molar-refractivity contribution in [2.24, 2.45) is 13.0 Å². The van der Waals surface area contributed by atoms with Crippen molar-refractivity contribution in [3.63, 3.8) is 0 Å². The van der Waals surface area contributed by atoms with Gasteiger partial charge in [0.05, 0.1) is 6.42 Å². The van der Waals surface area contributed by atoms with E-state index in [0.717, 1.165) is 36.4 Å². The fourth-order valence-electron chi connectivity index (χ4n) is 3.09. The van der Waals surface area contributed by atoms with Crippen LogP contribution in [-0.4, -0.2) is 32.8 Å². The van der Waals surface area contributed by atoms with Crippen molar-refractivity contribution in [2.75, 3.05) is 0 Å². The summed E-state index contributed by atoms with van der Waals surface area (Å²) in [4.78, 5) is 15.7. The summed E-state index contributed by atoms with van der Waals surface area (Å²) in [5.41, 5.74) is -3.30. The first kappa shape index (κ1) is 17.8. The summed E-state index contributed by atoms with van der Waals surface area (Å²) in [6, 6.07) is -0.143. The molecule has 2 N–H and O–H groups in total. The van der Waals surface area contributed by atoms with Gasteiger partial charge in [-0.05, 0) is 18.8 Å². The Morgan fingerprint density at radius 3 is 2.61 bits per heavy atom. The van der Waals surface area contributed by atoms with E-state index in [9.17, 15) is 23.1 Å². The lowest BCUT2D eigenvalue weighted by Crippen LogP contribution is -2.50. The molecule has 0 aliphatic heterocycles. The molecule has 1 aliphatic carbocycles. The van der Waals surface area contributed by atoms with Crippen LogP contribution in [0.2, 0.25) is 0 Å². The zero-order valence-electron chi connectivity index (χ0n) is 13.2. The van der Waals surface area contributed by atoms with Crippen LogP contribution < -0.4 is 5.32 Å². The van der Waals surface area contributed by atoms with Gasteiger partial charge in [-0.15, -0.1) is 0 Å². The minimum absolute atomic E-state index is 0.143. The quantitative estimate of drug-likeness (QED) is 0.888. The van der Waals surface area contributed by atoms with Crippen LogP contribution in [0.3, 0.4) is 0 Å². The SMILES string of the molecule is CC1CCCCC1NC(=O)CC(O)(c1nccn1C)C(F)(F)F. The average molecular weight is 333 g/mol. The Hall–Kier alpha value is -1.57. The number of aryl methyl sites for hydroxylation is 1. The fourth-order valence-corrected chi connectivity index (χ4v) is 3.09. The van der Waals surface area contributed by atoms with Gasteiger partial charge in [-0.25, -0.2) is 4.98 Å². The Balaban J connectivity index is 2.15. The summed E-state index contributed by atoms with van der Waals surface area (Å²) in [5.74, 6) is -1.18. The Morgan fingerprint density at radius 2 is 2.09 bits per heavy atom. The topological polar surface area (TPSA) is 67.2 Å². The van der Waals surface area contributed by atoms with Gasteiger partial charge in [-0.1, -0.05) is 19.8 Å². The highest BCUT2D eigenvalue weighted by atomic mass is 19.4. The van der Waals surface area contributed by atoms with Gasteiger partial charge in [0.1, 0.15) is 0 Å². The predicted molar refractivity (Wildman–Crippen MR) is 77.3 cm³/mol. The summed E-state index contributed by atoms with van der Waals surface area (Å²) in [7, 11) is 1.35. The third-order valence-electron chi connectivity index (χ3n) is 4.53. The molecule has 3 atom stereocenters. The van der Waals surface area contributed by atoms with Crippen LogP contribution in [0.1, 0.15) is 44.9 Å². The first-order chi connectivity index (χ1) is 10.6. The lowest BCUT2D eigenvalue weighted by Gasteiger charge is -2.32. The minimum atomic E-state index is -5.00. The van der Waals surface area contributed by atoms with Crippen LogP contribution in [0, 0.1) is 5.92 Å². The highest BCUT2D eigenvalue weighted by Gasteiger charge is 2.58. The van der Waals surface area contributed by atoms with Gasteiger partial charge in [0, 0.05) is 25.5 Å². The highest BCUT2D eigenvalue weighted by Crippen LogP contribution is 2.40. The number of carbonyl (C=O) groups is 1. The third-order valence-corrected chi connectivity index (χ3v) is 4.53. The predicted octanol–water partition coefficient (Wildman–Crippen LogP) is 2.25. The van der Waals surface area contributed by atoms with Gasteiger partial charge in [-0.2, -0.15) is 13.2 Å². The molecule has 0 saturated heterocycles. The van der Waals surface area contributed by atoms with E-state index in [1.807, 2.05) is 6.92 Å². The lowest BCUT2D eigenvalue weighted by atomic mass is 9.85. The fraction of sp³-hybridized carbons (Fsp3) is 0.733. The second kappa shape index (κ2) is 6.51. The van der Waals surface area contributed by atoms with Gasteiger partial charge in [0.25, 0.3) is 0 Å². The van der Waals surface area contributed by atoms with Crippen molar-refractivity contribution < 1.29 is 23.1 Å². The van der Waals surface area contributed by atoms with Crippen molar-refractivity contribution >= 4 is 5.91 Å². The van der Waals surface area contributed by atoms with Crippen molar-refractivity contribution in [3.05, 3.63) is 18.2 Å². The number of halogens is 3. The maximum absolute atomic E-state index is 13.4. The molecule has 0 spiro atoms. The van der Waals surface area contributed by atoms with Crippen molar-refractivity contribution in [3.8, 4) is 0 Å². The van der Waals surface area contributed by atoms with E-state index in [1.54, 1.807) is 0 Å². The van der Waals surface area contributed by atoms with E-state index >= 15 is 0 Å². The number of nitrogens with zero attached hydrogens (tertiary/aromatic N) is 2. The number of amides is 1. The summed E-state index contributed by atoms with van der Waals surface area (Å²) >= 11 is 0. The molecule has 0 aromatic carbocycles. The Morgan fingerprint density at radius 1 is 1.43 bits per heavy atom. The zero-order valence-corrected chi connectivity index (χ0v) is 13.2. The number of hydrogen-bond donors (Lipinski definition) is 2. The minimum Gasteiger partial charge on any atom is -0.374 e. The molecule has 5 nitrogen and oxygen atoms in total. The standard InChI is InChI=1S/C15H22F3N3O2/c1-10-5-3-4-6-11(10)20-12(22)9-14(23,15(16,17)18)13-19-7-8-21(13)2/h7-8,10-11,23H,3-6,9H2,1-2H3,(H,20,22). The lowest BCUT2D eigenvalue weighted by molar-refractivity contribution is -0.271. The smallest absolute Gasteiger partial charge is 0.374 e. The van der Waals surface area contributed by atoms with E-state index in [4.69, 9.17) is 0 Å². The number of nitrogens with one attached hydrogen (secondary N) is 1. The Kier molecular flexibility index (Phi) is 5.03. The van der Waals surface area contributed by atoms with E-state index < -0.39 is 29.9 Å². The molecule has 3 unspecified atom stereocenters. The van der Waals surface area contributed by atoms with Gasteiger partial charge in [-0.3, -0.25) is 4.79 Å². The van der Waals surface area contributed by atoms with E-state index in [0.29, 0.717) is 0 Å². The number of alkyl halides is 3. The third kappa shape index (κ3) is 3.68. The Labute approximate surface area is 132 Å². The van der Waals surface area contributed by atoms with Crippen molar-refractivity contribution in [1.82, 2.24) is 14.9 Å². The summed E-state index contributed by atoms with van der Waals surface area (Å²) in [5, 5.41) is 12.8. The van der Waals surface area contributed by atoms with Gasteiger partial charge in [0.15, 0.2) is 5.82 Å². The molecule has 1 aromatic heterocycles. The van der Waals surface area contributed by atoms with Gasteiger partial charge < -0.3 is 15.0 Å². The molecule has 1 aliphatic rings. The Bertz CT molecular complexity index is 558. The molecular formula is C15H22F3N3O2. The van der Waals surface area contributed by atoms with Crippen molar-refractivity contribution in [2.45, 2.75) is 56.8 Å². The maximum atomic E-state index is 13.4. The van der Waals surface area contributed by atoms with Crippen LogP contribution in [0.15, 0.2) is 12.4 Å². The summed E-state index contributed by atoms with van der Waals surface area (Å²) in [6.45, 7) is 1.97. The first-order valence-electron chi connectivity index (χ1n) is 7.71. The summed E-state index contributed by atoms with van der Waals surface area (Å²) < 4.78 is 41.2. The van der Waals surface area contributed by atoms with Crippen molar-refractivity contribution in [1.29, 1.82) is 0 Å². The number of aromatic nitrogens is 2. The molecule has 8 heteroatoms. The van der Waals surface area contributed by atoms with E-state index in [2.05, 4.69) is 10.3 Å². The molecule has 1 saturated carbocycles. The molecule has 0 bridgehead atoms. The van der Waals surface area contributed by atoms with Gasteiger partial charge >= 0.3 is 6.18 Å². The average Bonchev–Trinajstić information content (AvgIpc) is 2.86. The van der Waals surface area contributed by atoms with Crippen LogP contribution in [0.5, 0.6) is 0 Å². The molecule has 1 heterocycles. The second-order valence-corrected chi connectivity index (χ2v) is 6.33. The number of imidazole rings is 1. The largest absolute Gasteiger partial charge is 0.425 e. The van der Waals surface area contributed by atoms with Crippen LogP contribution in [-0.2, 0) is 17.4 Å². The molecule has 1 aromatic rings. The number of carbonyl (C=O) groups excluding carboxylic acids is 1.